The van der Waals surface area contributed by atoms with Crippen LogP contribution in [0.25, 0.3) is 0 Å². The fourth-order valence-corrected chi connectivity index (χ4v) is 0.643. The second-order valence-corrected chi connectivity index (χ2v) is 2.89. The molecule has 0 aliphatic heterocycles. The molecule has 0 aromatic heterocycles. The van der Waals surface area contributed by atoms with Gasteiger partial charge in [-0.15, -0.1) is 0 Å². The van der Waals surface area contributed by atoms with Crippen molar-refractivity contribution in [3.05, 3.63) is 12.7 Å². The van der Waals surface area contributed by atoms with Crippen molar-refractivity contribution in [3.63, 3.8) is 0 Å². The van der Waals surface area contributed by atoms with Gasteiger partial charge in [0.2, 0.25) is 0 Å². The summed E-state index contributed by atoms with van der Waals surface area (Å²) in [6, 6.07) is 0. The molecule has 0 aliphatic carbocycles. The second-order valence-electron chi connectivity index (χ2n) is 2.89. The van der Waals surface area contributed by atoms with Crippen molar-refractivity contribution in [1.82, 2.24) is 0 Å². The zero-order chi connectivity index (χ0) is 13.9. The molecule has 0 aromatic rings. The van der Waals surface area contributed by atoms with Gasteiger partial charge < -0.3 is 9.47 Å². The van der Waals surface area contributed by atoms with Gasteiger partial charge in [0.25, 0.3) is 6.10 Å². The van der Waals surface area contributed by atoms with Crippen LogP contribution < -0.4 is 0 Å². The predicted octanol–water partition coefficient (Wildman–Crippen LogP) is 3.21. The first kappa shape index (κ1) is 15.6. The van der Waals surface area contributed by atoms with Crippen molar-refractivity contribution in [2.45, 2.75) is 31.5 Å². The molecule has 0 bridgehead atoms. The van der Waals surface area contributed by atoms with Crippen LogP contribution in [0.3, 0.4) is 0 Å². The van der Waals surface area contributed by atoms with E-state index in [1.807, 2.05) is 0 Å². The van der Waals surface area contributed by atoms with E-state index in [9.17, 15) is 31.1 Å². The molecule has 0 spiro atoms. The lowest BCUT2D eigenvalue weighted by Crippen LogP contribution is -2.45. The molecule has 100 valence electrons. The minimum Gasteiger partial charge on any atom is -0.427 e. The standard InChI is InChI=1S/C8H8F6O3/c1-3-4(2)16-6(15)17-5(7(9,10)11)8(12,13)14/h3-5H,1H2,2H3/t4-/m0/s1. The van der Waals surface area contributed by atoms with E-state index in [1.165, 1.54) is 6.92 Å². The molecule has 0 amide bonds. The summed E-state index contributed by atoms with van der Waals surface area (Å²) < 4.78 is 78.8. The van der Waals surface area contributed by atoms with E-state index in [0.717, 1.165) is 6.08 Å². The van der Waals surface area contributed by atoms with Crippen LogP contribution in [0.2, 0.25) is 0 Å². The maximum absolute atomic E-state index is 11.9. The summed E-state index contributed by atoms with van der Waals surface area (Å²) in [5.74, 6) is 0. The molecule has 9 heteroatoms. The number of alkyl halides is 6. The van der Waals surface area contributed by atoms with E-state index in [-0.39, 0.29) is 0 Å². The van der Waals surface area contributed by atoms with Crippen LogP contribution in [0, 0.1) is 0 Å². The SMILES string of the molecule is C=C[C@H](C)OC(=O)OC(C(F)(F)F)C(F)(F)F. The average Bonchev–Trinajstić information content (AvgIpc) is 2.10. The van der Waals surface area contributed by atoms with Crippen LogP contribution in [-0.4, -0.2) is 30.7 Å². The molecule has 17 heavy (non-hydrogen) atoms. The van der Waals surface area contributed by atoms with Crippen LogP contribution in [-0.2, 0) is 9.47 Å². The van der Waals surface area contributed by atoms with Crippen LogP contribution >= 0.6 is 0 Å². The normalized spacial score (nSPS) is 14.4. The summed E-state index contributed by atoms with van der Waals surface area (Å²) in [6.45, 7) is 4.30. The van der Waals surface area contributed by atoms with Crippen LogP contribution in [0.5, 0.6) is 0 Å². The number of carbonyl (C=O) groups excluding carboxylic acids is 1. The Hall–Kier alpha value is -1.41. The third-order valence-electron chi connectivity index (χ3n) is 1.42. The first-order chi connectivity index (χ1) is 7.48. The largest absolute Gasteiger partial charge is 0.509 e. The molecule has 0 aliphatic rings. The van der Waals surface area contributed by atoms with Crippen molar-refractivity contribution in [2.24, 2.45) is 0 Å². The van der Waals surface area contributed by atoms with Gasteiger partial charge in [-0.25, -0.2) is 4.79 Å². The van der Waals surface area contributed by atoms with Crippen LogP contribution in [0.15, 0.2) is 12.7 Å². The Morgan fingerprint density at radius 1 is 1.12 bits per heavy atom. The van der Waals surface area contributed by atoms with Gasteiger partial charge in [-0.05, 0) is 6.92 Å². The summed E-state index contributed by atoms with van der Waals surface area (Å²) >= 11 is 0. The molecule has 0 rings (SSSR count). The minimum absolute atomic E-state index is 0.997. The fourth-order valence-electron chi connectivity index (χ4n) is 0.643. The number of halogens is 6. The van der Waals surface area contributed by atoms with E-state index >= 15 is 0 Å². The molecule has 0 aromatic carbocycles. The highest BCUT2D eigenvalue weighted by Gasteiger charge is 2.60. The lowest BCUT2D eigenvalue weighted by atomic mass is 10.3. The Kier molecular flexibility index (Phi) is 4.84. The first-order valence-electron chi connectivity index (χ1n) is 4.11. The molecule has 1 atom stereocenters. The van der Waals surface area contributed by atoms with Crippen molar-refractivity contribution < 1.29 is 40.6 Å². The highest BCUT2D eigenvalue weighted by molar-refractivity contribution is 5.60. The van der Waals surface area contributed by atoms with Gasteiger partial charge in [0.05, 0.1) is 0 Å². The second kappa shape index (κ2) is 5.28. The molecule has 0 N–H and O–H groups in total. The van der Waals surface area contributed by atoms with Gasteiger partial charge in [0.1, 0.15) is 6.10 Å². The molecule has 0 unspecified atom stereocenters. The Morgan fingerprint density at radius 2 is 1.53 bits per heavy atom. The maximum atomic E-state index is 11.9. The van der Waals surface area contributed by atoms with Gasteiger partial charge in [0.15, 0.2) is 0 Å². The van der Waals surface area contributed by atoms with Gasteiger partial charge in [0, 0.05) is 0 Å². The molecular weight excluding hydrogens is 258 g/mol. The summed E-state index contributed by atoms with van der Waals surface area (Å²) in [5.41, 5.74) is 0. The molecule has 0 heterocycles. The number of rotatable bonds is 3. The predicted molar refractivity (Wildman–Crippen MR) is 43.1 cm³/mol. The smallest absolute Gasteiger partial charge is 0.427 e. The Labute approximate surface area is 92.0 Å². The van der Waals surface area contributed by atoms with Crippen LogP contribution in [0.4, 0.5) is 31.1 Å². The summed E-state index contributed by atoms with van der Waals surface area (Å²) in [4.78, 5) is 10.6. The topological polar surface area (TPSA) is 35.5 Å². The monoisotopic (exact) mass is 266 g/mol. The lowest BCUT2D eigenvalue weighted by Gasteiger charge is -2.22. The Balaban J connectivity index is 4.68. The average molecular weight is 266 g/mol. The summed E-state index contributed by atoms with van der Waals surface area (Å²) in [5, 5.41) is 0. The highest BCUT2D eigenvalue weighted by Crippen LogP contribution is 2.35. The van der Waals surface area contributed by atoms with E-state index < -0.39 is 30.7 Å². The third-order valence-corrected chi connectivity index (χ3v) is 1.42. The number of ether oxygens (including phenoxy) is 2. The molecule has 0 saturated heterocycles. The third kappa shape index (κ3) is 5.45. The highest BCUT2D eigenvalue weighted by atomic mass is 19.4. The van der Waals surface area contributed by atoms with E-state index in [2.05, 4.69) is 16.1 Å². The summed E-state index contributed by atoms with van der Waals surface area (Å²) in [7, 11) is 0. The Morgan fingerprint density at radius 3 is 1.82 bits per heavy atom. The zero-order valence-corrected chi connectivity index (χ0v) is 8.43. The van der Waals surface area contributed by atoms with Crippen molar-refractivity contribution in [3.8, 4) is 0 Å². The molecule has 0 fully saturated rings. The fraction of sp³-hybridized carbons (Fsp3) is 0.625. The quantitative estimate of drug-likeness (QED) is 0.447. The molecule has 0 radical (unpaired) electrons. The van der Waals surface area contributed by atoms with Gasteiger partial charge in [-0.2, -0.15) is 26.3 Å². The van der Waals surface area contributed by atoms with Gasteiger partial charge in [-0.1, -0.05) is 12.7 Å². The Bertz CT molecular complexity index is 268. The van der Waals surface area contributed by atoms with E-state index in [0.29, 0.717) is 0 Å². The van der Waals surface area contributed by atoms with Gasteiger partial charge in [-0.3, -0.25) is 0 Å². The lowest BCUT2D eigenvalue weighted by molar-refractivity contribution is -0.310. The van der Waals surface area contributed by atoms with Crippen molar-refractivity contribution >= 4 is 6.16 Å². The number of hydrogen-bond donors (Lipinski definition) is 0. The summed E-state index contributed by atoms with van der Waals surface area (Å²) in [6.07, 6.45) is -17.9. The van der Waals surface area contributed by atoms with E-state index in [4.69, 9.17) is 0 Å². The van der Waals surface area contributed by atoms with Crippen molar-refractivity contribution in [2.75, 3.05) is 0 Å². The minimum atomic E-state index is -5.76. The van der Waals surface area contributed by atoms with E-state index in [1.54, 1.807) is 0 Å². The maximum Gasteiger partial charge on any atom is 0.509 e. The van der Waals surface area contributed by atoms with Crippen LogP contribution in [0.1, 0.15) is 6.92 Å². The molecular formula is C8H8F6O3. The molecule has 0 saturated carbocycles. The number of carbonyl (C=O) groups is 1. The zero-order valence-electron chi connectivity index (χ0n) is 8.43. The van der Waals surface area contributed by atoms with Gasteiger partial charge >= 0.3 is 18.5 Å². The van der Waals surface area contributed by atoms with Crippen molar-refractivity contribution in [1.29, 1.82) is 0 Å². The first-order valence-corrected chi connectivity index (χ1v) is 4.11. The molecule has 3 nitrogen and oxygen atoms in total. The number of hydrogen-bond acceptors (Lipinski definition) is 3.